The number of esters is 1. The van der Waals surface area contributed by atoms with E-state index in [0.717, 1.165) is 31.6 Å². The molecule has 2 rings (SSSR count). The van der Waals surface area contributed by atoms with Gasteiger partial charge in [0, 0.05) is 19.2 Å². The summed E-state index contributed by atoms with van der Waals surface area (Å²) in [4.78, 5) is 26.1. The van der Waals surface area contributed by atoms with E-state index in [0.29, 0.717) is 5.75 Å². The van der Waals surface area contributed by atoms with Crippen LogP contribution in [0.5, 0.6) is 11.5 Å². The lowest BCUT2D eigenvalue weighted by Crippen LogP contribution is -2.41. The Morgan fingerprint density at radius 1 is 1.16 bits per heavy atom. The monoisotopic (exact) mass is 349 g/mol. The normalized spacial score (nSPS) is 19.8. The summed E-state index contributed by atoms with van der Waals surface area (Å²) < 4.78 is 15.5. The zero-order valence-corrected chi connectivity index (χ0v) is 15.4. The molecule has 0 N–H and O–H groups in total. The number of benzene rings is 1. The van der Waals surface area contributed by atoms with Crippen molar-refractivity contribution in [1.29, 1.82) is 0 Å². The van der Waals surface area contributed by atoms with Crippen LogP contribution in [0.15, 0.2) is 18.2 Å². The number of hydrogen-bond acceptors (Lipinski definition) is 5. The van der Waals surface area contributed by atoms with E-state index in [-0.39, 0.29) is 29.9 Å². The Balaban J connectivity index is 2.01. The summed E-state index contributed by atoms with van der Waals surface area (Å²) in [6.07, 6.45) is 4.34. The number of methoxy groups -OCH3 is 2. The molecule has 0 spiro atoms. The quantitative estimate of drug-likeness (QED) is 0.739. The van der Waals surface area contributed by atoms with Crippen molar-refractivity contribution >= 4 is 11.9 Å². The molecule has 0 atom stereocenters. The maximum atomic E-state index is 12.5. The van der Waals surface area contributed by atoms with Crippen molar-refractivity contribution in [3.63, 3.8) is 0 Å². The van der Waals surface area contributed by atoms with Crippen LogP contribution in [-0.2, 0) is 9.53 Å². The average Bonchev–Trinajstić information content (AvgIpc) is 2.65. The smallest absolute Gasteiger partial charge is 0.341 e. The summed E-state index contributed by atoms with van der Waals surface area (Å²) in [7, 11) is 4.65. The number of carbonyl (C=O) groups is 2. The summed E-state index contributed by atoms with van der Waals surface area (Å²) in [5, 5.41) is 0. The van der Waals surface area contributed by atoms with Gasteiger partial charge in [-0.3, -0.25) is 4.79 Å². The predicted molar refractivity (Wildman–Crippen MR) is 94.0 cm³/mol. The number of amides is 1. The highest BCUT2D eigenvalue weighted by Crippen LogP contribution is 2.28. The molecule has 0 bridgehead atoms. The third kappa shape index (κ3) is 4.87. The van der Waals surface area contributed by atoms with Gasteiger partial charge in [0.1, 0.15) is 17.1 Å². The second kappa shape index (κ2) is 8.74. The molecule has 0 heterocycles. The van der Waals surface area contributed by atoms with E-state index < -0.39 is 5.97 Å². The molecule has 1 fully saturated rings. The highest BCUT2D eigenvalue weighted by Gasteiger charge is 2.25. The number of carbonyl (C=O) groups excluding carboxylic acids is 2. The Bertz CT molecular complexity index is 608. The summed E-state index contributed by atoms with van der Waals surface area (Å²) >= 11 is 0. The first-order chi connectivity index (χ1) is 12.0. The van der Waals surface area contributed by atoms with Gasteiger partial charge in [-0.25, -0.2) is 4.79 Å². The van der Waals surface area contributed by atoms with Gasteiger partial charge in [0.15, 0.2) is 6.61 Å². The van der Waals surface area contributed by atoms with E-state index in [4.69, 9.17) is 14.2 Å². The minimum absolute atomic E-state index is 0.0989. The molecular formula is C19H27NO5. The van der Waals surface area contributed by atoms with E-state index in [9.17, 15) is 9.59 Å². The van der Waals surface area contributed by atoms with Crippen LogP contribution in [0.1, 0.15) is 43.0 Å². The zero-order chi connectivity index (χ0) is 18.4. The van der Waals surface area contributed by atoms with Gasteiger partial charge in [0.25, 0.3) is 5.91 Å². The van der Waals surface area contributed by atoms with Crippen molar-refractivity contribution in [3.05, 3.63) is 23.8 Å². The molecule has 6 nitrogen and oxygen atoms in total. The number of ether oxygens (including phenoxy) is 3. The minimum atomic E-state index is -0.514. The van der Waals surface area contributed by atoms with Crippen molar-refractivity contribution in [3.8, 4) is 11.5 Å². The molecular weight excluding hydrogens is 322 g/mol. The van der Waals surface area contributed by atoms with Gasteiger partial charge in [-0.1, -0.05) is 6.92 Å². The summed E-state index contributed by atoms with van der Waals surface area (Å²) in [6.45, 7) is 2.12. The van der Waals surface area contributed by atoms with Gasteiger partial charge >= 0.3 is 5.97 Å². The zero-order valence-electron chi connectivity index (χ0n) is 15.4. The Hall–Kier alpha value is -2.24. The van der Waals surface area contributed by atoms with E-state index in [2.05, 4.69) is 6.92 Å². The Kier molecular flexibility index (Phi) is 6.67. The first kappa shape index (κ1) is 19.1. The van der Waals surface area contributed by atoms with Gasteiger partial charge in [0.2, 0.25) is 0 Å². The molecule has 1 amide bonds. The van der Waals surface area contributed by atoms with Gasteiger partial charge in [-0.05, 0) is 43.7 Å². The predicted octanol–water partition coefficient (Wildman–Crippen LogP) is 2.90. The van der Waals surface area contributed by atoms with Crippen LogP contribution < -0.4 is 9.47 Å². The van der Waals surface area contributed by atoms with Crippen molar-refractivity contribution in [2.24, 2.45) is 5.92 Å². The van der Waals surface area contributed by atoms with Gasteiger partial charge in [-0.2, -0.15) is 0 Å². The SMILES string of the molecule is COC(=O)c1ccc(OC)cc1OCC(=O)N(C)C1CCC(C)CC1. The highest BCUT2D eigenvalue weighted by atomic mass is 16.5. The summed E-state index contributed by atoms with van der Waals surface area (Å²) in [6, 6.07) is 5.06. The molecule has 0 saturated heterocycles. The van der Waals surface area contributed by atoms with Crippen LogP contribution in [0.4, 0.5) is 0 Å². The van der Waals surface area contributed by atoms with Crippen LogP contribution in [0, 0.1) is 5.92 Å². The molecule has 1 aliphatic rings. The number of rotatable bonds is 6. The lowest BCUT2D eigenvalue weighted by molar-refractivity contribution is -0.134. The summed E-state index contributed by atoms with van der Waals surface area (Å²) in [5.41, 5.74) is 0.269. The summed E-state index contributed by atoms with van der Waals surface area (Å²) in [5.74, 6) is 0.947. The fourth-order valence-electron chi connectivity index (χ4n) is 3.10. The maximum Gasteiger partial charge on any atom is 0.341 e. The fourth-order valence-corrected chi connectivity index (χ4v) is 3.10. The third-order valence-electron chi connectivity index (χ3n) is 4.87. The third-order valence-corrected chi connectivity index (χ3v) is 4.87. The van der Waals surface area contributed by atoms with Crippen LogP contribution in [0.25, 0.3) is 0 Å². The lowest BCUT2D eigenvalue weighted by Gasteiger charge is -2.33. The Morgan fingerprint density at radius 2 is 1.84 bits per heavy atom. The van der Waals surface area contributed by atoms with E-state index in [1.807, 2.05) is 7.05 Å². The molecule has 25 heavy (non-hydrogen) atoms. The number of likely N-dealkylation sites (N-methyl/N-ethyl adjacent to an activating group) is 1. The first-order valence-corrected chi connectivity index (χ1v) is 8.61. The standard InChI is InChI=1S/C19H27NO5/c1-13-5-7-14(8-6-13)20(2)18(21)12-25-17-11-15(23-3)9-10-16(17)19(22)24-4/h9-11,13-14H,5-8,12H2,1-4H3. The van der Waals surface area contributed by atoms with E-state index in [1.54, 1.807) is 23.1 Å². The molecule has 0 aromatic heterocycles. The van der Waals surface area contributed by atoms with Crippen LogP contribution in [0.2, 0.25) is 0 Å². The van der Waals surface area contributed by atoms with Crippen LogP contribution >= 0.6 is 0 Å². The van der Waals surface area contributed by atoms with E-state index >= 15 is 0 Å². The number of nitrogens with zero attached hydrogens (tertiary/aromatic N) is 1. The molecule has 1 aromatic carbocycles. The average molecular weight is 349 g/mol. The van der Waals surface area contributed by atoms with Crippen molar-refractivity contribution in [2.45, 2.75) is 38.6 Å². The second-order valence-corrected chi connectivity index (χ2v) is 6.56. The molecule has 1 aromatic rings. The van der Waals surface area contributed by atoms with Gasteiger partial charge < -0.3 is 19.1 Å². The maximum absolute atomic E-state index is 12.5. The van der Waals surface area contributed by atoms with Gasteiger partial charge in [0.05, 0.1) is 14.2 Å². The molecule has 138 valence electrons. The lowest BCUT2D eigenvalue weighted by atomic mass is 9.87. The Labute approximate surface area is 149 Å². The molecule has 6 heteroatoms. The van der Waals surface area contributed by atoms with Crippen molar-refractivity contribution in [1.82, 2.24) is 4.90 Å². The topological polar surface area (TPSA) is 65.1 Å². The highest BCUT2D eigenvalue weighted by molar-refractivity contribution is 5.92. The first-order valence-electron chi connectivity index (χ1n) is 8.61. The number of hydrogen-bond donors (Lipinski definition) is 0. The minimum Gasteiger partial charge on any atom is -0.497 e. The second-order valence-electron chi connectivity index (χ2n) is 6.56. The molecule has 1 aliphatic carbocycles. The van der Waals surface area contributed by atoms with Crippen molar-refractivity contribution in [2.75, 3.05) is 27.9 Å². The van der Waals surface area contributed by atoms with Crippen LogP contribution in [0.3, 0.4) is 0 Å². The largest absolute Gasteiger partial charge is 0.497 e. The fraction of sp³-hybridized carbons (Fsp3) is 0.579. The van der Waals surface area contributed by atoms with Crippen molar-refractivity contribution < 1.29 is 23.8 Å². The van der Waals surface area contributed by atoms with Gasteiger partial charge in [-0.15, -0.1) is 0 Å². The molecule has 1 saturated carbocycles. The molecule has 0 unspecified atom stereocenters. The van der Waals surface area contributed by atoms with Crippen LogP contribution in [-0.4, -0.2) is 50.7 Å². The Morgan fingerprint density at radius 3 is 2.44 bits per heavy atom. The molecule has 0 aliphatic heterocycles. The molecule has 0 radical (unpaired) electrons. The van der Waals surface area contributed by atoms with E-state index in [1.165, 1.54) is 14.2 Å².